The normalized spacial score (nSPS) is 33.1. The highest BCUT2D eigenvalue weighted by atomic mass is 16.1. The van der Waals surface area contributed by atoms with E-state index < -0.39 is 0 Å². The van der Waals surface area contributed by atoms with Gasteiger partial charge in [0.25, 0.3) is 0 Å². The Labute approximate surface area is 102 Å². The molecule has 4 heteroatoms. The van der Waals surface area contributed by atoms with Gasteiger partial charge < -0.3 is 0 Å². The standard InChI is InChI=1S/C10H16O.C3H3N3/c1-9(2)7-4-5-10(9,3)8(11)6-7;1-2-4-6-5-3-1/h7H,4-6H2,1-3H3;1-3H. The van der Waals surface area contributed by atoms with E-state index in [-0.39, 0.29) is 10.8 Å². The first-order valence-electron chi connectivity index (χ1n) is 6.10. The van der Waals surface area contributed by atoms with Gasteiger partial charge in [-0.2, -0.15) is 0 Å². The molecule has 2 aliphatic carbocycles. The molecule has 2 saturated carbocycles. The van der Waals surface area contributed by atoms with Crippen LogP contribution in [0.5, 0.6) is 0 Å². The first kappa shape index (κ1) is 12.1. The van der Waals surface area contributed by atoms with Crippen LogP contribution in [0, 0.1) is 16.7 Å². The van der Waals surface area contributed by atoms with E-state index in [0.717, 1.165) is 12.8 Å². The summed E-state index contributed by atoms with van der Waals surface area (Å²) >= 11 is 0. The zero-order valence-electron chi connectivity index (χ0n) is 10.7. The monoisotopic (exact) mass is 233 g/mol. The average molecular weight is 233 g/mol. The molecule has 0 aliphatic heterocycles. The quantitative estimate of drug-likeness (QED) is 0.689. The molecule has 2 bridgehead atoms. The van der Waals surface area contributed by atoms with Crippen LogP contribution in [0.3, 0.4) is 0 Å². The van der Waals surface area contributed by atoms with Gasteiger partial charge in [-0.25, -0.2) is 0 Å². The average Bonchev–Trinajstić information content (AvgIpc) is 2.65. The third kappa shape index (κ3) is 1.85. The fraction of sp³-hybridized carbons (Fsp3) is 0.692. The number of nitrogens with zero attached hydrogens (tertiary/aromatic N) is 3. The molecule has 0 amide bonds. The number of hydrogen-bond acceptors (Lipinski definition) is 4. The Kier molecular flexibility index (Phi) is 2.98. The van der Waals surface area contributed by atoms with Crippen molar-refractivity contribution in [3.05, 3.63) is 18.5 Å². The van der Waals surface area contributed by atoms with Crippen molar-refractivity contribution in [3.63, 3.8) is 0 Å². The molecule has 1 aromatic rings. The second kappa shape index (κ2) is 4.17. The van der Waals surface area contributed by atoms with Crippen LogP contribution in [0.15, 0.2) is 18.5 Å². The van der Waals surface area contributed by atoms with Gasteiger partial charge in [-0.15, -0.1) is 10.2 Å². The number of hydrogen-bond donors (Lipinski definition) is 0. The van der Waals surface area contributed by atoms with Crippen molar-refractivity contribution in [1.29, 1.82) is 0 Å². The molecule has 1 heterocycles. The predicted octanol–water partition coefficient (Wildman–Crippen LogP) is 2.27. The summed E-state index contributed by atoms with van der Waals surface area (Å²) in [5.74, 6) is 1.19. The number of aromatic nitrogens is 3. The summed E-state index contributed by atoms with van der Waals surface area (Å²) in [6, 6.07) is 1.72. The van der Waals surface area contributed by atoms with E-state index in [1.807, 2.05) is 0 Å². The maximum atomic E-state index is 11.6. The SMILES string of the molecule is CC12CCC(CC1=O)C2(C)C.c1cnnnc1. The van der Waals surface area contributed by atoms with E-state index in [0.29, 0.717) is 11.7 Å². The Bertz CT molecular complexity index is 378. The van der Waals surface area contributed by atoms with Crippen molar-refractivity contribution in [2.24, 2.45) is 16.7 Å². The highest BCUT2D eigenvalue weighted by Crippen LogP contribution is 2.63. The molecule has 0 saturated heterocycles. The molecule has 2 atom stereocenters. The van der Waals surface area contributed by atoms with Gasteiger partial charge in [-0.3, -0.25) is 4.79 Å². The Morgan fingerprint density at radius 1 is 1.24 bits per heavy atom. The van der Waals surface area contributed by atoms with Crippen LogP contribution in [-0.2, 0) is 4.79 Å². The van der Waals surface area contributed by atoms with Crippen molar-refractivity contribution >= 4 is 5.78 Å². The maximum absolute atomic E-state index is 11.6. The third-order valence-corrected chi connectivity index (χ3v) is 4.89. The van der Waals surface area contributed by atoms with Gasteiger partial charge in [0.1, 0.15) is 5.78 Å². The topological polar surface area (TPSA) is 55.7 Å². The zero-order valence-corrected chi connectivity index (χ0v) is 10.7. The first-order chi connectivity index (χ1) is 7.98. The van der Waals surface area contributed by atoms with Gasteiger partial charge >= 0.3 is 0 Å². The third-order valence-electron chi connectivity index (χ3n) is 4.89. The van der Waals surface area contributed by atoms with Gasteiger partial charge in [0, 0.05) is 11.8 Å². The Hall–Kier alpha value is -1.32. The van der Waals surface area contributed by atoms with E-state index in [2.05, 4.69) is 36.2 Å². The lowest BCUT2D eigenvalue weighted by atomic mass is 9.70. The smallest absolute Gasteiger partial charge is 0.139 e. The van der Waals surface area contributed by atoms with Crippen molar-refractivity contribution in [2.45, 2.75) is 40.0 Å². The second-order valence-electron chi connectivity index (χ2n) is 5.73. The molecule has 17 heavy (non-hydrogen) atoms. The Balaban J connectivity index is 0.000000153. The number of carbonyl (C=O) groups excluding carboxylic acids is 1. The number of carbonyl (C=O) groups is 1. The van der Waals surface area contributed by atoms with E-state index in [1.165, 1.54) is 6.42 Å². The highest BCUT2D eigenvalue weighted by Gasteiger charge is 2.61. The van der Waals surface area contributed by atoms with Gasteiger partial charge in [0.05, 0.1) is 12.4 Å². The van der Waals surface area contributed by atoms with Gasteiger partial charge in [-0.1, -0.05) is 20.8 Å². The number of fused-ring (bicyclic) bond motifs is 2. The number of ketones is 1. The van der Waals surface area contributed by atoms with E-state index in [4.69, 9.17) is 0 Å². The van der Waals surface area contributed by atoms with Gasteiger partial charge in [0.15, 0.2) is 0 Å². The lowest BCUT2D eigenvalue weighted by Gasteiger charge is -2.32. The van der Waals surface area contributed by atoms with Crippen LogP contribution in [-0.4, -0.2) is 21.2 Å². The Morgan fingerprint density at radius 3 is 2.06 bits per heavy atom. The van der Waals surface area contributed by atoms with Gasteiger partial charge in [-0.05, 0) is 35.5 Å². The molecule has 0 radical (unpaired) electrons. The summed E-state index contributed by atoms with van der Waals surface area (Å²) in [5, 5.41) is 10.1. The van der Waals surface area contributed by atoms with Crippen LogP contribution in [0.2, 0.25) is 0 Å². The summed E-state index contributed by atoms with van der Waals surface area (Å²) in [6.45, 7) is 6.67. The van der Waals surface area contributed by atoms with Crippen molar-refractivity contribution < 1.29 is 4.79 Å². The summed E-state index contributed by atoms with van der Waals surface area (Å²) in [6.07, 6.45) is 6.41. The fourth-order valence-corrected chi connectivity index (χ4v) is 3.11. The maximum Gasteiger partial charge on any atom is 0.139 e. The minimum atomic E-state index is 0.0255. The van der Waals surface area contributed by atoms with Crippen LogP contribution in [0.25, 0.3) is 0 Å². The second-order valence-corrected chi connectivity index (χ2v) is 5.73. The molecular formula is C13H19N3O. The molecule has 3 rings (SSSR count). The number of rotatable bonds is 0. The van der Waals surface area contributed by atoms with Crippen LogP contribution >= 0.6 is 0 Å². The predicted molar refractivity (Wildman–Crippen MR) is 64.1 cm³/mol. The fourth-order valence-electron chi connectivity index (χ4n) is 3.11. The largest absolute Gasteiger partial charge is 0.299 e. The molecule has 2 fully saturated rings. The van der Waals surface area contributed by atoms with Crippen LogP contribution < -0.4 is 0 Å². The summed E-state index contributed by atoms with van der Waals surface area (Å²) in [5.41, 5.74) is 0.307. The molecule has 0 N–H and O–H groups in total. The van der Waals surface area contributed by atoms with Crippen molar-refractivity contribution in [3.8, 4) is 0 Å². The van der Waals surface area contributed by atoms with Crippen molar-refractivity contribution in [2.75, 3.05) is 0 Å². The molecule has 92 valence electrons. The van der Waals surface area contributed by atoms with Gasteiger partial charge in [0.2, 0.25) is 0 Å². The summed E-state index contributed by atoms with van der Waals surface area (Å²) in [7, 11) is 0. The molecule has 0 aromatic carbocycles. The highest BCUT2D eigenvalue weighted by molar-refractivity contribution is 5.89. The van der Waals surface area contributed by atoms with Crippen LogP contribution in [0.4, 0.5) is 0 Å². The zero-order chi connectivity index (χ0) is 12.5. The molecule has 0 spiro atoms. The lowest BCUT2D eigenvalue weighted by Crippen LogP contribution is -2.32. The van der Waals surface area contributed by atoms with E-state index in [1.54, 1.807) is 18.5 Å². The molecule has 2 unspecified atom stereocenters. The minimum Gasteiger partial charge on any atom is -0.299 e. The summed E-state index contributed by atoms with van der Waals surface area (Å²) < 4.78 is 0. The minimum absolute atomic E-state index is 0.0255. The molecule has 2 aliphatic rings. The lowest BCUT2D eigenvalue weighted by molar-refractivity contribution is -0.128. The number of Topliss-reactive ketones (excluding diaryl/α,β-unsaturated/α-hetero) is 1. The molecule has 1 aromatic heterocycles. The van der Waals surface area contributed by atoms with E-state index in [9.17, 15) is 4.79 Å². The van der Waals surface area contributed by atoms with Crippen LogP contribution in [0.1, 0.15) is 40.0 Å². The molecule has 4 nitrogen and oxygen atoms in total. The first-order valence-corrected chi connectivity index (χ1v) is 6.10. The Morgan fingerprint density at radius 2 is 1.88 bits per heavy atom. The van der Waals surface area contributed by atoms with Crippen molar-refractivity contribution in [1.82, 2.24) is 15.4 Å². The van der Waals surface area contributed by atoms with E-state index >= 15 is 0 Å². The molecular weight excluding hydrogens is 214 g/mol. The summed E-state index contributed by atoms with van der Waals surface area (Å²) in [4.78, 5) is 11.6.